The Bertz CT molecular complexity index is 531. The van der Waals surface area contributed by atoms with Gasteiger partial charge >= 0.3 is 5.97 Å². The van der Waals surface area contributed by atoms with Crippen LogP contribution in [0.15, 0.2) is 0 Å². The molecule has 0 heterocycles. The summed E-state index contributed by atoms with van der Waals surface area (Å²) in [5.41, 5.74) is -0.495. The van der Waals surface area contributed by atoms with Crippen LogP contribution in [0.3, 0.4) is 0 Å². The first-order chi connectivity index (χ1) is 11.2. The summed E-state index contributed by atoms with van der Waals surface area (Å²) in [5, 5.41) is 0. The molecule has 0 saturated heterocycles. The van der Waals surface area contributed by atoms with E-state index in [0.717, 1.165) is 25.2 Å². The summed E-state index contributed by atoms with van der Waals surface area (Å²) in [6.07, 6.45) is 4.20. The van der Waals surface area contributed by atoms with Crippen molar-refractivity contribution in [1.82, 2.24) is 0 Å². The van der Waals surface area contributed by atoms with E-state index < -0.39 is 30.1 Å². The predicted octanol–water partition coefficient (Wildman–Crippen LogP) is 4.62. The van der Waals surface area contributed by atoms with Crippen LogP contribution in [0.2, 0.25) is 0 Å². The molecule has 0 radical (unpaired) electrons. The third-order valence-electron chi connectivity index (χ3n) is 7.62. The first kappa shape index (κ1) is 16.7. The number of ether oxygens (including phenoxy) is 1. The van der Waals surface area contributed by atoms with Crippen molar-refractivity contribution in [3.63, 3.8) is 0 Å². The van der Waals surface area contributed by atoms with Crippen LogP contribution in [0, 0.1) is 40.9 Å². The Kier molecular flexibility index (Phi) is 3.74. The van der Waals surface area contributed by atoms with E-state index in [-0.39, 0.29) is 0 Å². The molecule has 0 aromatic heterocycles. The lowest BCUT2D eigenvalue weighted by Crippen LogP contribution is -2.60. The SMILES string of the molecule is CC1CCC2CC3CC4C2C(C1)C4(C(=O)OCC(F)C(C)(F)F)C3. The molecule has 4 saturated carbocycles. The standard InChI is InChI=1S/C19H27F3O2/c1-10-3-4-12-6-11-7-14-16(12)13(5-10)19(14,8-11)17(23)24-9-15(20)18(2,21)22/h10-16H,3-9H2,1-2H3. The van der Waals surface area contributed by atoms with Crippen LogP contribution in [0.1, 0.15) is 52.4 Å². The number of hydrogen-bond acceptors (Lipinski definition) is 2. The van der Waals surface area contributed by atoms with Crippen molar-refractivity contribution in [3.05, 3.63) is 0 Å². The molecule has 0 N–H and O–H groups in total. The summed E-state index contributed by atoms with van der Waals surface area (Å²) in [6.45, 7) is 1.95. The van der Waals surface area contributed by atoms with Crippen molar-refractivity contribution in [2.75, 3.05) is 6.61 Å². The zero-order valence-corrected chi connectivity index (χ0v) is 14.4. The Hall–Kier alpha value is -0.740. The number of fused-ring (bicyclic) bond motifs is 2. The van der Waals surface area contributed by atoms with Gasteiger partial charge in [-0.25, -0.2) is 13.2 Å². The zero-order valence-electron chi connectivity index (χ0n) is 14.4. The van der Waals surface area contributed by atoms with Crippen LogP contribution in [0.5, 0.6) is 0 Å². The number of rotatable bonds is 4. The molecule has 4 aliphatic carbocycles. The second-order valence-corrected chi connectivity index (χ2v) is 9.07. The van der Waals surface area contributed by atoms with Gasteiger partial charge in [-0.1, -0.05) is 13.3 Å². The molecule has 0 aromatic carbocycles. The van der Waals surface area contributed by atoms with Crippen molar-refractivity contribution >= 4 is 5.97 Å². The maximum absolute atomic E-state index is 13.5. The van der Waals surface area contributed by atoms with Crippen molar-refractivity contribution in [2.24, 2.45) is 40.9 Å². The molecule has 5 heteroatoms. The minimum absolute atomic E-state index is 0.324. The fourth-order valence-electron chi connectivity index (χ4n) is 6.68. The van der Waals surface area contributed by atoms with E-state index in [0.29, 0.717) is 36.5 Å². The van der Waals surface area contributed by atoms with Gasteiger partial charge in [0.15, 0.2) is 6.17 Å². The highest BCUT2D eigenvalue weighted by Crippen LogP contribution is 2.75. The minimum atomic E-state index is -3.46. The fraction of sp³-hybridized carbons (Fsp3) is 0.947. The maximum Gasteiger partial charge on any atom is 0.312 e. The topological polar surface area (TPSA) is 26.3 Å². The Labute approximate surface area is 141 Å². The number of esters is 1. The Morgan fingerprint density at radius 3 is 2.67 bits per heavy atom. The third kappa shape index (κ3) is 2.25. The van der Waals surface area contributed by atoms with Crippen molar-refractivity contribution in [2.45, 2.75) is 64.5 Å². The van der Waals surface area contributed by atoms with Gasteiger partial charge in [0, 0.05) is 6.92 Å². The smallest absolute Gasteiger partial charge is 0.312 e. The van der Waals surface area contributed by atoms with E-state index >= 15 is 0 Å². The number of carbonyl (C=O) groups is 1. The summed E-state index contributed by atoms with van der Waals surface area (Å²) in [4.78, 5) is 12.9. The molecule has 0 aliphatic heterocycles. The highest BCUT2D eigenvalue weighted by molar-refractivity contribution is 5.80. The average molecular weight is 344 g/mol. The molecule has 4 fully saturated rings. The summed E-state index contributed by atoms with van der Waals surface area (Å²) >= 11 is 0. The van der Waals surface area contributed by atoms with Gasteiger partial charge in [0.05, 0.1) is 5.41 Å². The molecular formula is C19H27F3O2. The largest absolute Gasteiger partial charge is 0.462 e. The summed E-state index contributed by atoms with van der Waals surface area (Å²) in [6, 6.07) is 0. The minimum Gasteiger partial charge on any atom is -0.462 e. The van der Waals surface area contributed by atoms with Gasteiger partial charge in [-0.3, -0.25) is 4.79 Å². The molecule has 24 heavy (non-hydrogen) atoms. The first-order valence-electron chi connectivity index (χ1n) is 9.42. The molecule has 136 valence electrons. The number of hydrogen-bond donors (Lipinski definition) is 0. The average Bonchev–Trinajstić information content (AvgIpc) is 2.64. The van der Waals surface area contributed by atoms with Crippen molar-refractivity contribution in [1.29, 1.82) is 0 Å². The molecule has 4 aliphatic rings. The van der Waals surface area contributed by atoms with Crippen LogP contribution < -0.4 is 0 Å². The highest BCUT2D eigenvalue weighted by Gasteiger charge is 2.73. The van der Waals surface area contributed by atoms with Gasteiger partial charge in [0.25, 0.3) is 5.92 Å². The normalized spacial score (nSPS) is 47.5. The summed E-state index contributed by atoms with van der Waals surface area (Å²) in [5.74, 6) is -0.688. The van der Waals surface area contributed by atoms with Crippen LogP contribution in [-0.2, 0) is 9.53 Å². The Morgan fingerprint density at radius 2 is 1.96 bits per heavy atom. The van der Waals surface area contributed by atoms with Crippen molar-refractivity contribution in [3.8, 4) is 0 Å². The van der Waals surface area contributed by atoms with E-state index in [1.807, 2.05) is 0 Å². The lowest BCUT2D eigenvalue weighted by atomic mass is 9.44. The van der Waals surface area contributed by atoms with E-state index in [2.05, 4.69) is 6.92 Å². The second-order valence-electron chi connectivity index (χ2n) is 9.07. The molecule has 0 aromatic rings. The fourth-order valence-corrected chi connectivity index (χ4v) is 6.68. The molecule has 8 unspecified atom stereocenters. The van der Waals surface area contributed by atoms with Gasteiger partial charge in [-0.15, -0.1) is 0 Å². The molecule has 2 nitrogen and oxygen atoms in total. The third-order valence-corrected chi connectivity index (χ3v) is 7.62. The maximum atomic E-state index is 13.5. The van der Waals surface area contributed by atoms with Gasteiger partial charge < -0.3 is 4.74 Å². The molecule has 2 bridgehead atoms. The molecule has 4 rings (SSSR count). The van der Waals surface area contributed by atoms with Gasteiger partial charge in [-0.05, 0) is 67.6 Å². The Morgan fingerprint density at radius 1 is 1.25 bits per heavy atom. The summed E-state index contributed by atoms with van der Waals surface area (Å²) < 4.78 is 44.7. The zero-order chi connectivity index (χ0) is 17.3. The monoisotopic (exact) mass is 344 g/mol. The lowest BCUT2D eigenvalue weighted by molar-refractivity contribution is -0.197. The quantitative estimate of drug-likeness (QED) is 0.696. The van der Waals surface area contributed by atoms with Gasteiger partial charge in [0.1, 0.15) is 6.61 Å². The van der Waals surface area contributed by atoms with Crippen LogP contribution in [0.4, 0.5) is 13.2 Å². The van der Waals surface area contributed by atoms with Crippen molar-refractivity contribution < 1.29 is 22.7 Å². The van der Waals surface area contributed by atoms with E-state index in [1.165, 1.54) is 19.3 Å². The lowest BCUT2D eigenvalue weighted by Gasteiger charge is -2.59. The van der Waals surface area contributed by atoms with Gasteiger partial charge in [0.2, 0.25) is 0 Å². The molecule has 0 spiro atoms. The molecule has 0 amide bonds. The highest BCUT2D eigenvalue weighted by atomic mass is 19.3. The second kappa shape index (κ2) is 5.38. The first-order valence-corrected chi connectivity index (χ1v) is 9.42. The Balaban J connectivity index is 1.53. The predicted molar refractivity (Wildman–Crippen MR) is 83.2 cm³/mol. The van der Waals surface area contributed by atoms with E-state index in [9.17, 15) is 18.0 Å². The summed E-state index contributed by atoms with van der Waals surface area (Å²) in [7, 11) is 0. The molecular weight excluding hydrogens is 317 g/mol. The van der Waals surface area contributed by atoms with Crippen LogP contribution >= 0.6 is 0 Å². The van der Waals surface area contributed by atoms with Crippen LogP contribution in [-0.4, -0.2) is 24.7 Å². The van der Waals surface area contributed by atoms with E-state index in [1.54, 1.807) is 0 Å². The molecule has 8 atom stereocenters. The number of halogens is 3. The van der Waals surface area contributed by atoms with Gasteiger partial charge in [-0.2, -0.15) is 0 Å². The van der Waals surface area contributed by atoms with E-state index in [4.69, 9.17) is 4.74 Å². The number of carbonyl (C=O) groups excluding carboxylic acids is 1. The van der Waals surface area contributed by atoms with Crippen LogP contribution in [0.25, 0.3) is 0 Å². The number of alkyl halides is 3.